The van der Waals surface area contributed by atoms with E-state index in [4.69, 9.17) is 4.74 Å². The molecule has 1 saturated heterocycles. The molecule has 0 saturated carbocycles. The molecule has 0 radical (unpaired) electrons. The van der Waals surface area contributed by atoms with E-state index in [9.17, 15) is 9.18 Å². The maximum atomic E-state index is 13.3. The Kier molecular flexibility index (Phi) is 3.64. The number of hydrogen-bond donors (Lipinski definition) is 0. The molecule has 0 amide bonds. The Morgan fingerprint density at radius 3 is 3.00 bits per heavy atom. The molecule has 1 aliphatic rings. The minimum absolute atomic E-state index is 0.0151. The summed E-state index contributed by atoms with van der Waals surface area (Å²) in [6, 6.07) is 4.73. The first-order valence-corrected chi connectivity index (χ1v) is 6.42. The van der Waals surface area contributed by atoms with Crippen molar-refractivity contribution in [1.29, 1.82) is 0 Å². The highest BCUT2D eigenvalue weighted by molar-refractivity contribution is 9.10. The Balaban J connectivity index is 2.16. The summed E-state index contributed by atoms with van der Waals surface area (Å²) in [7, 11) is 0. The SMILES string of the molecule is CC1(C(=O)Cc2cccc(F)c2Br)CCCO1. The van der Waals surface area contributed by atoms with Gasteiger partial charge in [0.15, 0.2) is 5.78 Å². The van der Waals surface area contributed by atoms with Gasteiger partial charge in [-0.1, -0.05) is 12.1 Å². The Bertz CT molecular complexity index is 439. The summed E-state index contributed by atoms with van der Waals surface area (Å²) in [4.78, 5) is 12.1. The molecule has 1 aromatic rings. The van der Waals surface area contributed by atoms with E-state index in [2.05, 4.69) is 15.9 Å². The topological polar surface area (TPSA) is 26.3 Å². The van der Waals surface area contributed by atoms with Crippen LogP contribution in [0.2, 0.25) is 0 Å². The summed E-state index contributed by atoms with van der Waals surface area (Å²) in [5.41, 5.74) is -0.0158. The average molecular weight is 301 g/mol. The zero-order valence-electron chi connectivity index (χ0n) is 9.63. The average Bonchev–Trinajstić information content (AvgIpc) is 2.73. The first-order chi connectivity index (χ1) is 8.03. The third kappa shape index (κ3) is 2.58. The number of hydrogen-bond acceptors (Lipinski definition) is 2. The molecule has 0 bridgehead atoms. The van der Waals surface area contributed by atoms with Gasteiger partial charge in [-0.25, -0.2) is 4.39 Å². The maximum Gasteiger partial charge on any atom is 0.168 e. The number of halogens is 2. The summed E-state index contributed by atoms with van der Waals surface area (Å²) in [6.07, 6.45) is 1.86. The zero-order chi connectivity index (χ0) is 12.5. The molecule has 2 nitrogen and oxygen atoms in total. The van der Waals surface area contributed by atoms with Crippen LogP contribution in [-0.4, -0.2) is 18.0 Å². The smallest absolute Gasteiger partial charge is 0.168 e. The first kappa shape index (κ1) is 12.7. The van der Waals surface area contributed by atoms with E-state index >= 15 is 0 Å². The molecule has 1 heterocycles. The van der Waals surface area contributed by atoms with Gasteiger partial charge in [-0.15, -0.1) is 0 Å². The van der Waals surface area contributed by atoms with Crippen LogP contribution in [0.25, 0.3) is 0 Å². The Morgan fingerprint density at radius 2 is 2.35 bits per heavy atom. The van der Waals surface area contributed by atoms with Crippen LogP contribution in [0.3, 0.4) is 0 Å². The molecular formula is C13H14BrFO2. The molecule has 0 aliphatic carbocycles. The van der Waals surface area contributed by atoms with Crippen molar-refractivity contribution >= 4 is 21.7 Å². The molecule has 17 heavy (non-hydrogen) atoms. The molecule has 1 fully saturated rings. The third-order valence-electron chi connectivity index (χ3n) is 3.19. The molecule has 92 valence electrons. The number of ether oxygens (including phenoxy) is 1. The van der Waals surface area contributed by atoms with Gasteiger partial charge in [0.05, 0.1) is 4.47 Å². The van der Waals surface area contributed by atoms with Crippen LogP contribution in [0, 0.1) is 5.82 Å². The quantitative estimate of drug-likeness (QED) is 0.856. The van der Waals surface area contributed by atoms with Gasteiger partial charge >= 0.3 is 0 Å². The van der Waals surface area contributed by atoms with Crippen molar-refractivity contribution in [3.05, 3.63) is 34.1 Å². The van der Waals surface area contributed by atoms with Gasteiger partial charge in [-0.05, 0) is 47.3 Å². The fourth-order valence-corrected chi connectivity index (χ4v) is 2.45. The van der Waals surface area contributed by atoms with Crippen molar-refractivity contribution in [3.63, 3.8) is 0 Å². The van der Waals surface area contributed by atoms with E-state index in [0.717, 1.165) is 12.8 Å². The number of benzene rings is 1. The van der Waals surface area contributed by atoms with Gasteiger partial charge in [-0.3, -0.25) is 4.79 Å². The second-order valence-corrected chi connectivity index (χ2v) is 5.29. The lowest BCUT2D eigenvalue weighted by Crippen LogP contribution is -2.35. The van der Waals surface area contributed by atoms with Crippen molar-refractivity contribution in [3.8, 4) is 0 Å². The fraction of sp³-hybridized carbons (Fsp3) is 0.462. The van der Waals surface area contributed by atoms with Crippen molar-refractivity contribution in [2.75, 3.05) is 6.61 Å². The Hall–Kier alpha value is -0.740. The molecule has 1 atom stereocenters. The molecule has 4 heteroatoms. The highest BCUT2D eigenvalue weighted by Gasteiger charge is 2.37. The normalized spacial score (nSPS) is 23.9. The van der Waals surface area contributed by atoms with Crippen LogP contribution in [-0.2, 0) is 16.0 Å². The largest absolute Gasteiger partial charge is 0.367 e. The second kappa shape index (κ2) is 4.86. The summed E-state index contributed by atoms with van der Waals surface area (Å²) < 4.78 is 19.2. The molecule has 0 spiro atoms. The van der Waals surface area contributed by atoms with Crippen LogP contribution in [0.1, 0.15) is 25.3 Å². The molecule has 0 N–H and O–H groups in total. The first-order valence-electron chi connectivity index (χ1n) is 5.63. The molecular weight excluding hydrogens is 287 g/mol. The van der Waals surface area contributed by atoms with Gasteiger partial charge in [0.25, 0.3) is 0 Å². The van der Waals surface area contributed by atoms with Gasteiger partial charge in [-0.2, -0.15) is 0 Å². The molecule has 1 aromatic carbocycles. The zero-order valence-corrected chi connectivity index (χ0v) is 11.2. The lowest BCUT2D eigenvalue weighted by atomic mass is 9.92. The minimum Gasteiger partial charge on any atom is -0.367 e. The van der Waals surface area contributed by atoms with Crippen molar-refractivity contribution in [2.24, 2.45) is 0 Å². The third-order valence-corrected chi connectivity index (χ3v) is 4.08. The second-order valence-electron chi connectivity index (χ2n) is 4.50. The van der Waals surface area contributed by atoms with E-state index in [-0.39, 0.29) is 18.0 Å². The summed E-state index contributed by atoms with van der Waals surface area (Å²) >= 11 is 3.17. The van der Waals surface area contributed by atoms with Crippen LogP contribution >= 0.6 is 15.9 Å². The van der Waals surface area contributed by atoms with E-state index in [1.165, 1.54) is 6.07 Å². The number of ketones is 1. The summed E-state index contributed by atoms with van der Waals surface area (Å²) in [6.45, 7) is 2.45. The predicted octanol–water partition coefficient (Wildman–Crippen LogP) is 3.27. The van der Waals surface area contributed by atoms with Crippen molar-refractivity contribution < 1.29 is 13.9 Å². The van der Waals surface area contributed by atoms with Crippen LogP contribution in [0.15, 0.2) is 22.7 Å². The van der Waals surface area contributed by atoms with E-state index < -0.39 is 5.60 Å². The standard InChI is InChI=1S/C13H14BrFO2/c1-13(6-3-7-17-13)11(16)8-9-4-2-5-10(15)12(9)14/h2,4-5H,3,6-8H2,1H3. The molecule has 1 aliphatic heterocycles. The fourth-order valence-electron chi connectivity index (χ4n) is 2.04. The maximum absolute atomic E-state index is 13.3. The monoisotopic (exact) mass is 300 g/mol. The van der Waals surface area contributed by atoms with Gasteiger partial charge in [0.1, 0.15) is 11.4 Å². The molecule has 1 unspecified atom stereocenters. The van der Waals surface area contributed by atoms with Crippen molar-refractivity contribution in [2.45, 2.75) is 31.8 Å². The Morgan fingerprint density at radius 1 is 1.59 bits per heavy atom. The van der Waals surface area contributed by atoms with Crippen LogP contribution in [0.4, 0.5) is 4.39 Å². The van der Waals surface area contributed by atoms with Crippen molar-refractivity contribution in [1.82, 2.24) is 0 Å². The summed E-state index contributed by atoms with van der Waals surface area (Å²) in [5.74, 6) is -0.325. The number of Topliss-reactive ketones (excluding diaryl/α,β-unsaturated/α-hetero) is 1. The minimum atomic E-state index is -0.689. The Labute approximate surface area is 108 Å². The highest BCUT2D eigenvalue weighted by atomic mass is 79.9. The van der Waals surface area contributed by atoms with E-state index in [1.54, 1.807) is 12.1 Å². The highest BCUT2D eigenvalue weighted by Crippen LogP contribution is 2.29. The number of rotatable bonds is 3. The van der Waals surface area contributed by atoms with Gasteiger partial charge in [0.2, 0.25) is 0 Å². The lowest BCUT2D eigenvalue weighted by Gasteiger charge is -2.21. The van der Waals surface area contributed by atoms with Gasteiger partial charge in [0, 0.05) is 13.0 Å². The predicted molar refractivity (Wildman–Crippen MR) is 66.4 cm³/mol. The van der Waals surface area contributed by atoms with Crippen LogP contribution in [0.5, 0.6) is 0 Å². The van der Waals surface area contributed by atoms with E-state index in [1.807, 2.05) is 6.92 Å². The number of carbonyl (C=O) groups is 1. The van der Waals surface area contributed by atoms with Gasteiger partial charge < -0.3 is 4.74 Å². The molecule has 2 rings (SSSR count). The molecule has 0 aromatic heterocycles. The van der Waals surface area contributed by atoms with E-state index in [0.29, 0.717) is 16.6 Å². The lowest BCUT2D eigenvalue weighted by molar-refractivity contribution is -0.136. The van der Waals surface area contributed by atoms with Crippen LogP contribution < -0.4 is 0 Å². The number of carbonyl (C=O) groups excluding carboxylic acids is 1. The summed E-state index contributed by atoms with van der Waals surface area (Å²) in [5, 5.41) is 0.